The van der Waals surface area contributed by atoms with Crippen LogP contribution < -0.4 is 5.32 Å². The van der Waals surface area contributed by atoms with Crippen molar-refractivity contribution in [1.29, 1.82) is 0 Å². The van der Waals surface area contributed by atoms with Crippen LogP contribution in [0.25, 0.3) is 27.7 Å². The molecule has 1 unspecified atom stereocenters. The Bertz CT molecular complexity index is 1560. The molecule has 0 amide bonds. The number of carbonyl (C=O) groups excluding carboxylic acids is 1. The number of rotatable bonds is 3. The first-order valence-electron chi connectivity index (χ1n) is 11.8. The third kappa shape index (κ3) is 3.46. The Hall–Kier alpha value is -4.12. The first-order chi connectivity index (χ1) is 16.8. The molecule has 1 aliphatic carbocycles. The summed E-state index contributed by atoms with van der Waals surface area (Å²) in [5.41, 5.74) is 4.26. The first-order valence-corrected chi connectivity index (χ1v) is 11.8. The summed E-state index contributed by atoms with van der Waals surface area (Å²) < 4.78 is 6.28. The van der Waals surface area contributed by atoms with Gasteiger partial charge in [-0.2, -0.15) is 0 Å². The van der Waals surface area contributed by atoms with Gasteiger partial charge in [-0.1, -0.05) is 62.4 Å². The Morgan fingerprint density at radius 1 is 0.971 bits per heavy atom. The molecule has 0 bridgehead atoms. The van der Waals surface area contributed by atoms with E-state index in [2.05, 4.69) is 37.4 Å². The zero-order valence-corrected chi connectivity index (χ0v) is 19.6. The van der Waals surface area contributed by atoms with Gasteiger partial charge in [-0.05, 0) is 52.4 Å². The molecule has 4 aromatic rings. The number of hydrogen-bond acceptors (Lipinski definition) is 4. The number of carboxylic acids is 1. The van der Waals surface area contributed by atoms with Crippen LogP contribution in [0.2, 0.25) is 0 Å². The molecule has 0 saturated carbocycles. The molecular weight excluding hydrogens is 438 g/mol. The zero-order chi connectivity index (χ0) is 24.3. The Morgan fingerprint density at radius 3 is 2.57 bits per heavy atom. The second kappa shape index (κ2) is 7.70. The molecule has 1 aromatic heterocycles. The van der Waals surface area contributed by atoms with Gasteiger partial charge in [-0.15, -0.1) is 0 Å². The van der Waals surface area contributed by atoms with E-state index < -0.39 is 5.97 Å². The average Bonchev–Trinajstić information content (AvgIpc) is 3.32. The van der Waals surface area contributed by atoms with Crippen LogP contribution in [0, 0.1) is 5.41 Å². The van der Waals surface area contributed by atoms with E-state index >= 15 is 0 Å². The number of Topliss-reactive ketones (excluding diaryl/α,β-unsaturated/α-hetero) is 1. The summed E-state index contributed by atoms with van der Waals surface area (Å²) in [6, 6.07) is 22.5. The number of furan rings is 1. The van der Waals surface area contributed by atoms with Gasteiger partial charge >= 0.3 is 5.97 Å². The van der Waals surface area contributed by atoms with Gasteiger partial charge in [0.15, 0.2) is 5.78 Å². The molecule has 5 nitrogen and oxygen atoms in total. The summed E-state index contributed by atoms with van der Waals surface area (Å²) in [5, 5.41) is 15.4. The average molecular weight is 464 g/mol. The molecule has 1 atom stereocenters. The van der Waals surface area contributed by atoms with Crippen molar-refractivity contribution in [2.24, 2.45) is 5.41 Å². The van der Waals surface area contributed by atoms with E-state index in [9.17, 15) is 14.7 Å². The highest BCUT2D eigenvalue weighted by Crippen LogP contribution is 2.52. The lowest BCUT2D eigenvalue weighted by Crippen LogP contribution is -2.32. The number of benzene rings is 3. The molecule has 35 heavy (non-hydrogen) atoms. The fourth-order valence-corrected chi connectivity index (χ4v) is 5.60. The number of hydrogen-bond donors (Lipinski definition) is 2. The molecule has 2 N–H and O–H groups in total. The van der Waals surface area contributed by atoms with Gasteiger partial charge in [0.05, 0.1) is 5.56 Å². The van der Waals surface area contributed by atoms with E-state index in [-0.39, 0.29) is 22.8 Å². The Kier molecular flexibility index (Phi) is 4.71. The van der Waals surface area contributed by atoms with Crippen molar-refractivity contribution in [2.75, 3.05) is 5.32 Å². The van der Waals surface area contributed by atoms with Crippen molar-refractivity contribution in [2.45, 2.75) is 32.7 Å². The summed E-state index contributed by atoms with van der Waals surface area (Å²) in [7, 11) is 0. The van der Waals surface area contributed by atoms with Crippen molar-refractivity contribution < 1.29 is 19.1 Å². The van der Waals surface area contributed by atoms with Gasteiger partial charge in [0, 0.05) is 28.8 Å². The predicted octanol–water partition coefficient (Wildman–Crippen LogP) is 7.11. The Morgan fingerprint density at radius 2 is 1.74 bits per heavy atom. The third-order valence-electron chi connectivity index (χ3n) is 7.07. The summed E-state index contributed by atoms with van der Waals surface area (Å²) in [4.78, 5) is 25.3. The van der Waals surface area contributed by atoms with Crippen molar-refractivity contribution in [3.05, 3.63) is 95.3 Å². The largest absolute Gasteiger partial charge is 0.478 e. The zero-order valence-electron chi connectivity index (χ0n) is 19.6. The van der Waals surface area contributed by atoms with Crippen LogP contribution in [0.1, 0.15) is 54.4 Å². The maximum Gasteiger partial charge on any atom is 0.336 e. The normalized spacial score (nSPS) is 18.7. The van der Waals surface area contributed by atoms with Crippen LogP contribution >= 0.6 is 0 Å². The number of allylic oxidation sites excluding steroid dienone is 1. The monoisotopic (exact) mass is 463 g/mol. The Balaban J connectivity index is 1.53. The third-order valence-corrected chi connectivity index (χ3v) is 7.07. The van der Waals surface area contributed by atoms with Gasteiger partial charge in [0.25, 0.3) is 0 Å². The number of nitrogens with one attached hydrogen (secondary N) is 1. The summed E-state index contributed by atoms with van der Waals surface area (Å²) in [6.07, 6.45) is 1.26. The lowest BCUT2D eigenvalue weighted by atomic mass is 9.68. The Labute approximate surface area is 203 Å². The molecule has 2 heterocycles. The van der Waals surface area contributed by atoms with Gasteiger partial charge in [0.2, 0.25) is 0 Å². The van der Waals surface area contributed by atoms with Gasteiger partial charge in [-0.25, -0.2) is 4.79 Å². The van der Waals surface area contributed by atoms with Gasteiger partial charge in [-0.3, -0.25) is 4.79 Å². The lowest BCUT2D eigenvalue weighted by molar-refractivity contribution is -0.116. The van der Waals surface area contributed by atoms with Crippen molar-refractivity contribution in [3.63, 3.8) is 0 Å². The van der Waals surface area contributed by atoms with E-state index in [1.807, 2.05) is 30.3 Å². The molecule has 0 saturated heterocycles. The molecule has 0 spiro atoms. The molecule has 5 heteroatoms. The smallest absolute Gasteiger partial charge is 0.336 e. The van der Waals surface area contributed by atoms with Crippen molar-refractivity contribution in [3.8, 4) is 11.3 Å². The molecule has 2 aliphatic rings. The molecule has 1 aliphatic heterocycles. The van der Waals surface area contributed by atoms with Crippen LogP contribution in [-0.4, -0.2) is 16.9 Å². The SMILES string of the molecule is CC1(C)CC(=O)C2=C(C1)C(c1ccc(-c3ccccc3C(=O)O)o1)Nc1ccc3ccccc3c12. The molecule has 0 radical (unpaired) electrons. The van der Waals surface area contributed by atoms with Gasteiger partial charge < -0.3 is 14.8 Å². The van der Waals surface area contributed by atoms with E-state index in [4.69, 9.17) is 4.42 Å². The summed E-state index contributed by atoms with van der Waals surface area (Å²) in [5.74, 6) is 0.313. The highest BCUT2D eigenvalue weighted by molar-refractivity contribution is 6.28. The second-order valence-corrected chi connectivity index (χ2v) is 10.2. The topological polar surface area (TPSA) is 79.5 Å². The molecule has 174 valence electrons. The minimum absolute atomic E-state index is 0.156. The predicted molar refractivity (Wildman–Crippen MR) is 136 cm³/mol. The van der Waals surface area contributed by atoms with E-state index in [0.29, 0.717) is 23.5 Å². The second-order valence-electron chi connectivity index (χ2n) is 10.2. The van der Waals surface area contributed by atoms with E-state index in [1.54, 1.807) is 24.3 Å². The standard InChI is InChI=1S/C30H25NO4/c1-30(2)15-21-27(23(32)16-30)26-18-8-4-3-7-17(18)11-12-22(26)31-28(21)25-14-13-24(35-25)19-9-5-6-10-20(19)29(33)34/h3-14,28,31H,15-16H2,1-2H3,(H,33,34). The molecular formula is C30H25NO4. The van der Waals surface area contributed by atoms with Crippen molar-refractivity contribution >= 4 is 33.8 Å². The molecule has 6 rings (SSSR count). The van der Waals surface area contributed by atoms with Crippen LogP contribution in [0.5, 0.6) is 0 Å². The van der Waals surface area contributed by atoms with E-state index in [0.717, 1.165) is 39.6 Å². The number of carboxylic acid groups (broad SMARTS) is 1. The van der Waals surface area contributed by atoms with Crippen LogP contribution in [-0.2, 0) is 4.79 Å². The minimum atomic E-state index is -1.00. The lowest BCUT2D eigenvalue weighted by Gasteiger charge is -2.39. The highest BCUT2D eigenvalue weighted by atomic mass is 16.4. The highest BCUT2D eigenvalue weighted by Gasteiger charge is 2.41. The quantitative estimate of drug-likeness (QED) is 0.338. The number of fused-ring (bicyclic) bond motifs is 4. The summed E-state index contributed by atoms with van der Waals surface area (Å²) >= 11 is 0. The van der Waals surface area contributed by atoms with Crippen LogP contribution in [0.15, 0.2) is 82.8 Å². The van der Waals surface area contributed by atoms with Crippen LogP contribution in [0.3, 0.4) is 0 Å². The molecule has 3 aromatic carbocycles. The fourth-order valence-electron chi connectivity index (χ4n) is 5.60. The maximum absolute atomic E-state index is 13.6. The fraction of sp³-hybridized carbons (Fsp3) is 0.200. The van der Waals surface area contributed by atoms with E-state index in [1.165, 1.54) is 0 Å². The van der Waals surface area contributed by atoms with Crippen molar-refractivity contribution in [1.82, 2.24) is 0 Å². The number of ketones is 1. The number of aromatic carboxylic acids is 1. The summed E-state index contributed by atoms with van der Waals surface area (Å²) in [6.45, 7) is 4.25. The maximum atomic E-state index is 13.6. The number of carbonyl (C=O) groups is 2. The first kappa shape index (κ1) is 21.4. The number of anilines is 1. The minimum Gasteiger partial charge on any atom is -0.478 e. The molecule has 0 fully saturated rings. The van der Waals surface area contributed by atoms with Crippen LogP contribution in [0.4, 0.5) is 5.69 Å². The van der Waals surface area contributed by atoms with Gasteiger partial charge in [0.1, 0.15) is 17.6 Å².